The van der Waals surface area contributed by atoms with Crippen LogP contribution in [-0.2, 0) is 13.9 Å². The molecule has 5 nitrogen and oxygen atoms in total. The zero-order valence-corrected chi connectivity index (χ0v) is 21.3. The molecule has 2 aromatic rings. The molecule has 0 aromatic heterocycles. The van der Waals surface area contributed by atoms with Crippen molar-refractivity contribution in [2.45, 2.75) is 70.1 Å². The first-order valence-electron chi connectivity index (χ1n) is 11.2. The number of carbonyl (C=O) groups is 1. The number of morpholine rings is 1. The molecule has 0 radical (unpaired) electrons. The highest BCUT2D eigenvalue weighted by Crippen LogP contribution is 2.51. The Labute approximate surface area is 199 Å². The summed E-state index contributed by atoms with van der Waals surface area (Å²) in [5.74, 6) is -3.00. The van der Waals surface area contributed by atoms with Gasteiger partial charge in [-0.05, 0) is 51.5 Å². The van der Waals surface area contributed by atoms with E-state index in [4.69, 9.17) is 13.9 Å². The van der Waals surface area contributed by atoms with E-state index in [0.717, 1.165) is 4.90 Å². The number of benzene rings is 2. The highest BCUT2D eigenvalue weighted by Gasteiger charge is 2.65. The number of hydrogen-bond donors (Lipinski definition) is 0. The van der Waals surface area contributed by atoms with Crippen molar-refractivity contribution in [3.8, 4) is 0 Å². The number of carbonyl (C=O) groups excluding carboxylic acids is 1. The summed E-state index contributed by atoms with van der Waals surface area (Å²) in [6.07, 6.45) is -6.91. The van der Waals surface area contributed by atoms with Crippen LogP contribution in [0.3, 0.4) is 0 Å². The standard InChI is InChI=1S/C25H32F3NO4Si/c1-23(2,3)32-22(30)29-17-24(25(26,27)28,33-34(4,5)6)31-21(19-15-11-8-12-16-19)20(29)18-13-9-7-10-14-18/h7-16,20-21H,17H2,1-6H3/t20-,21+,24?/m0/s1. The van der Waals surface area contributed by atoms with Crippen molar-refractivity contribution >= 4 is 14.4 Å². The lowest BCUT2D eigenvalue weighted by Crippen LogP contribution is -2.66. The third kappa shape index (κ3) is 6.00. The van der Waals surface area contributed by atoms with Crippen LogP contribution in [0.4, 0.5) is 18.0 Å². The van der Waals surface area contributed by atoms with E-state index < -0.39 is 50.7 Å². The summed E-state index contributed by atoms with van der Waals surface area (Å²) in [7, 11) is -2.79. The van der Waals surface area contributed by atoms with Crippen LogP contribution in [0.5, 0.6) is 0 Å². The van der Waals surface area contributed by atoms with Crippen molar-refractivity contribution in [2.24, 2.45) is 0 Å². The molecule has 0 aliphatic carbocycles. The molecule has 9 heteroatoms. The fraction of sp³-hybridized carbons (Fsp3) is 0.480. The fourth-order valence-corrected chi connectivity index (χ4v) is 5.17. The van der Waals surface area contributed by atoms with Gasteiger partial charge in [-0.3, -0.25) is 4.90 Å². The molecule has 186 valence electrons. The molecule has 1 unspecified atom stereocenters. The molecule has 1 amide bonds. The number of nitrogens with zero attached hydrogens (tertiary/aromatic N) is 1. The van der Waals surface area contributed by atoms with Gasteiger partial charge in [0, 0.05) is 0 Å². The van der Waals surface area contributed by atoms with E-state index >= 15 is 0 Å². The lowest BCUT2D eigenvalue weighted by Gasteiger charge is -2.52. The van der Waals surface area contributed by atoms with E-state index in [2.05, 4.69) is 0 Å². The molecule has 0 spiro atoms. The SMILES string of the molecule is CC(C)(C)OC(=O)N1CC(O[Si](C)(C)C)(C(F)(F)F)O[C@H](c2ccccc2)[C@@H]1c1ccccc1. The average Bonchev–Trinajstić information content (AvgIpc) is 2.71. The van der Waals surface area contributed by atoms with Gasteiger partial charge in [0.25, 0.3) is 5.79 Å². The molecule has 2 aromatic carbocycles. The van der Waals surface area contributed by atoms with Gasteiger partial charge in [0.05, 0.1) is 12.6 Å². The van der Waals surface area contributed by atoms with Crippen LogP contribution in [0.2, 0.25) is 19.6 Å². The zero-order valence-electron chi connectivity index (χ0n) is 20.3. The largest absolute Gasteiger partial charge is 0.444 e. The fourth-order valence-electron chi connectivity index (χ4n) is 3.95. The van der Waals surface area contributed by atoms with Crippen molar-refractivity contribution < 1.29 is 31.9 Å². The van der Waals surface area contributed by atoms with Gasteiger partial charge in [0.1, 0.15) is 11.7 Å². The van der Waals surface area contributed by atoms with Crippen LogP contribution in [0.1, 0.15) is 44.0 Å². The Morgan fingerprint density at radius 3 is 1.91 bits per heavy atom. The van der Waals surface area contributed by atoms with Gasteiger partial charge in [-0.15, -0.1) is 0 Å². The van der Waals surface area contributed by atoms with Gasteiger partial charge >= 0.3 is 12.3 Å². The van der Waals surface area contributed by atoms with Gasteiger partial charge in [-0.25, -0.2) is 4.79 Å². The Kier molecular flexibility index (Phi) is 7.22. The minimum atomic E-state index is -4.90. The second-order valence-electron chi connectivity index (χ2n) is 10.4. The summed E-state index contributed by atoms with van der Waals surface area (Å²) in [5, 5.41) is 0. The molecular formula is C25H32F3NO4Si. The zero-order chi connectivity index (χ0) is 25.4. The molecule has 1 heterocycles. The number of rotatable bonds is 4. The Bertz CT molecular complexity index is 974. The van der Waals surface area contributed by atoms with E-state index in [9.17, 15) is 18.0 Å². The van der Waals surface area contributed by atoms with Crippen LogP contribution in [0.15, 0.2) is 60.7 Å². The molecule has 0 N–H and O–H groups in total. The molecule has 3 atom stereocenters. The quantitative estimate of drug-likeness (QED) is 0.436. The maximum absolute atomic E-state index is 14.7. The highest BCUT2D eigenvalue weighted by molar-refractivity contribution is 6.69. The van der Waals surface area contributed by atoms with E-state index in [-0.39, 0.29) is 0 Å². The topological polar surface area (TPSA) is 48.0 Å². The third-order valence-electron chi connectivity index (χ3n) is 5.12. The molecule has 3 rings (SSSR count). The summed E-state index contributed by atoms with van der Waals surface area (Å²) in [6, 6.07) is 16.6. The van der Waals surface area contributed by atoms with Crippen molar-refractivity contribution in [2.75, 3.05) is 6.54 Å². The van der Waals surface area contributed by atoms with Gasteiger partial charge in [0.2, 0.25) is 0 Å². The van der Waals surface area contributed by atoms with Crippen molar-refractivity contribution in [1.82, 2.24) is 4.90 Å². The van der Waals surface area contributed by atoms with Crippen LogP contribution >= 0.6 is 0 Å². The molecular weight excluding hydrogens is 463 g/mol. The van der Waals surface area contributed by atoms with Crippen molar-refractivity contribution in [3.05, 3.63) is 71.8 Å². The second kappa shape index (κ2) is 9.35. The average molecular weight is 496 g/mol. The molecule has 1 fully saturated rings. The first kappa shape index (κ1) is 26.2. The first-order valence-corrected chi connectivity index (χ1v) is 14.6. The van der Waals surface area contributed by atoms with E-state index in [0.29, 0.717) is 11.1 Å². The van der Waals surface area contributed by atoms with Crippen LogP contribution in [0, 0.1) is 0 Å². The normalized spacial score (nSPS) is 24.1. The van der Waals surface area contributed by atoms with E-state index in [1.165, 1.54) is 0 Å². The van der Waals surface area contributed by atoms with Gasteiger partial charge in [-0.2, -0.15) is 13.2 Å². The second-order valence-corrected chi connectivity index (χ2v) is 14.8. The van der Waals surface area contributed by atoms with Gasteiger partial charge in [-0.1, -0.05) is 60.7 Å². The lowest BCUT2D eigenvalue weighted by molar-refractivity contribution is -0.392. The van der Waals surface area contributed by atoms with Crippen LogP contribution in [0.25, 0.3) is 0 Å². The van der Waals surface area contributed by atoms with E-state index in [1.807, 2.05) is 0 Å². The third-order valence-corrected chi connectivity index (χ3v) is 6.06. The number of hydrogen-bond acceptors (Lipinski definition) is 4. The molecule has 1 aliphatic rings. The number of amides is 1. The number of ether oxygens (including phenoxy) is 2. The summed E-state index contributed by atoms with van der Waals surface area (Å²) in [4.78, 5) is 14.5. The van der Waals surface area contributed by atoms with E-state index in [1.54, 1.807) is 101 Å². The number of alkyl halides is 3. The minimum absolute atomic E-state index is 0.498. The number of halogens is 3. The van der Waals surface area contributed by atoms with Crippen molar-refractivity contribution in [3.63, 3.8) is 0 Å². The lowest BCUT2D eigenvalue weighted by atomic mass is 9.91. The highest BCUT2D eigenvalue weighted by atomic mass is 28.4. The molecule has 34 heavy (non-hydrogen) atoms. The molecule has 0 bridgehead atoms. The smallest absolute Gasteiger partial charge is 0.444 e. The maximum Gasteiger partial charge on any atom is 0.444 e. The Balaban J connectivity index is 2.23. The first-order chi connectivity index (χ1) is 15.6. The molecule has 1 saturated heterocycles. The Morgan fingerprint density at radius 1 is 0.971 bits per heavy atom. The van der Waals surface area contributed by atoms with Crippen LogP contribution < -0.4 is 0 Å². The predicted molar refractivity (Wildman–Crippen MR) is 126 cm³/mol. The molecule has 1 aliphatic heterocycles. The predicted octanol–water partition coefficient (Wildman–Crippen LogP) is 6.85. The molecule has 0 saturated carbocycles. The monoisotopic (exact) mass is 495 g/mol. The summed E-state index contributed by atoms with van der Waals surface area (Å²) >= 11 is 0. The van der Waals surface area contributed by atoms with Crippen LogP contribution in [-0.4, -0.2) is 43.4 Å². The Morgan fingerprint density at radius 2 is 1.47 bits per heavy atom. The maximum atomic E-state index is 14.7. The van der Waals surface area contributed by atoms with Gasteiger partial charge in [0.15, 0.2) is 8.32 Å². The summed E-state index contributed by atoms with van der Waals surface area (Å²) < 4.78 is 61.3. The summed E-state index contributed by atoms with van der Waals surface area (Å²) in [6.45, 7) is 9.14. The Hall–Kier alpha value is -2.36. The van der Waals surface area contributed by atoms with Gasteiger partial charge < -0.3 is 13.9 Å². The minimum Gasteiger partial charge on any atom is -0.444 e. The summed E-state index contributed by atoms with van der Waals surface area (Å²) in [5.41, 5.74) is 0.225. The van der Waals surface area contributed by atoms with Crippen molar-refractivity contribution in [1.29, 1.82) is 0 Å².